The number of amides is 2. The van der Waals surface area contributed by atoms with Gasteiger partial charge in [-0.3, -0.25) is 9.59 Å². The lowest BCUT2D eigenvalue weighted by molar-refractivity contribution is -0.117. The van der Waals surface area contributed by atoms with E-state index >= 15 is 0 Å². The van der Waals surface area contributed by atoms with Crippen molar-refractivity contribution in [1.82, 2.24) is 4.31 Å². The normalized spacial score (nSPS) is 19.2. The highest BCUT2D eigenvalue weighted by molar-refractivity contribution is 7.89. The minimum absolute atomic E-state index is 0.105. The van der Waals surface area contributed by atoms with Crippen molar-refractivity contribution in [3.63, 3.8) is 0 Å². The van der Waals surface area contributed by atoms with Gasteiger partial charge in [0, 0.05) is 43.0 Å². The molecule has 2 aliphatic heterocycles. The molecule has 0 spiro atoms. The molecular weight excluding hydrogens is 526 g/mol. The number of carbonyl (C=O) groups is 2. The van der Waals surface area contributed by atoms with E-state index in [1.807, 2.05) is 36.1 Å². The van der Waals surface area contributed by atoms with Gasteiger partial charge < -0.3 is 14.5 Å². The number of ether oxygens (including phenoxy) is 1. The van der Waals surface area contributed by atoms with E-state index in [1.165, 1.54) is 11.2 Å². The zero-order chi connectivity index (χ0) is 28.4. The molecule has 5 rings (SSSR count). The fourth-order valence-electron chi connectivity index (χ4n) is 5.85. The largest absolute Gasteiger partial charge is 0.497 e. The molecule has 8 nitrogen and oxygen atoms in total. The van der Waals surface area contributed by atoms with Crippen LogP contribution in [0.2, 0.25) is 0 Å². The number of hydrogen-bond donors (Lipinski definition) is 0. The molecule has 2 aliphatic rings. The van der Waals surface area contributed by atoms with Crippen molar-refractivity contribution in [1.29, 1.82) is 0 Å². The fourth-order valence-corrected chi connectivity index (χ4v) is 7.37. The Morgan fingerprint density at radius 1 is 0.950 bits per heavy atom. The molecule has 0 bridgehead atoms. The molecule has 2 atom stereocenters. The number of carbonyl (C=O) groups excluding carboxylic acids is 2. The quantitative estimate of drug-likeness (QED) is 0.385. The van der Waals surface area contributed by atoms with Gasteiger partial charge >= 0.3 is 0 Å². The molecule has 1 fully saturated rings. The van der Waals surface area contributed by atoms with Crippen LogP contribution in [0.3, 0.4) is 0 Å². The molecule has 3 aromatic carbocycles. The first-order valence-electron chi connectivity index (χ1n) is 13.7. The minimum Gasteiger partial charge on any atom is -0.497 e. The Morgan fingerprint density at radius 3 is 2.20 bits per heavy atom. The van der Waals surface area contributed by atoms with Gasteiger partial charge in [-0.05, 0) is 85.8 Å². The highest BCUT2D eigenvalue weighted by atomic mass is 32.2. The number of anilines is 2. The smallest absolute Gasteiger partial charge is 0.258 e. The SMILES string of the molecule is CC[C@H]1C[C@@H](N(C(C)=O)c2ccc(S(=O)(=O)N3CCCC3)cc2)c2ccccc2N1C(=O)c1ccc(OC)cc1. The minimum atomic E-state index is -3.56. The lowest BCUT2D eigenvalue weighted by Gasteiger charge is -2.44. The van der Waals surface area contributed by atoms with E-state index in [4.69, 9.17) is 4.74 Å². The van der Waals surface area contributed by atoms with E-state index in [1.54, 1.807) is 60.5 Å². The lowest BCUT2D eigenvalue weighted by atomic mass is 9.87. The zero-order valence-corrected chi connectivity index (χ0v) is 23.9. The maximum atomic E-state index is 13.8. The van der Waals surface area contributed by atoms with Crippen LogP contribution in [0.15, 0.2) is 77.7 Å². The second-order valence-electron chi connectivity index (χ2n) is 10.3. The van der Waals surface area contributed by atoms with Crippen LogP contribution in [0.1, 0.15) is 61.5 Å². The first-order valence-corrected chi connectivity index (χ1v) is 15.2. The Labute approximate surface area is 236 Å². The summed E-state index contributed by atoms with van der Waals surface area (Å²) in [4.78, 5) is 30.7. The van der Waals surface area contributed by atoms with Gasteiger partial charge in [-0.2, -0.15) is 4.31 Å². The second kappa shape index (κ2) is 11.4. The van der Waals surface area contributed by atoms with Crippen LogP contribution >= 0.6 is 0 Å². The number of hydrogen-bond acceptors (Lipinski definition) is 5. The molecule has 0 aromatic heterocycles. The van der Waals surface area contributed by atoms with Gasteiger partial charge in [-0.15, -0.1) is 0 Å². The van der Waals surface area contributed by atoms with Crippen LogP contribution in [0.5, 0.6) is 5.75 Å². The Hall–Kier alpha value is -3.69. The molecule has 2 heterocycles. The van der Waals surface area contributed by atoms with Gasteiger partial charge in [0.25, 0.3) is 5.91 Å². The van der Waals surface area contributed by atoms with E-state index < -0.39 is 10.0 Å². The summed E-state index contributed by atoms with van der Waals surface area (Å²) in [6, 6.07) is 20.9. The average molecular weight is 562 g/mol. The van der Waals surface area contributed by atoms with Crippen molar-refractivity contribution < 1.29 is 22.7 Å². The van der Waals surface area contributed by atoms with Crippen molar-refractivity contribution in [2.24, 2.45) is 0 Å². The van der Waals surface area contributed by atoms with E-state index in [9.17, 15) is 18.0 Å². The maximum Gasteiger partial charge on any atom is 0.258 e. The molecule has 210 valence electrons. The Balaban J connectivity index is 1.50. The van der Waals surface area contributed by atoms with Crippen LogP contribution < -0.4 is 14.5 Å². The molecule has 0 unspecified atom stereocenters. The van der Waals surface area contributed by atoms with Crippen LogP contribution in [-0.4, -0.2) is 50.8 Å². The third-order valence-corrected chi connectivity index (χ3v) is 9.82. The number of nitrogens with zero attached hydrogens (tertiary/aromatic N) is 3. The molecule has 0 N–H and O–H groups in total. The predicted octanol–water partition coefficient (Wildman–Crippen LogP) is 5.40. The van der Waals surface area contributed by atoms with Crippen LogP contribution in [0.25, 0.3) is 0 Å². The molecular formula is C31H35N3O5S. The Kier molecular flexibility index (Phi) is 7.96. The lowest BCUT2D eigenvalue weighted by Crippen LogP contribution is -2.48. The van der Waals surface area contributed by atoms with Crippen LogP contribution in [-0.2, 0) is 14.8 Å². The van der Waals surface area contributed by atoms with E-state index in [0.717, 1.165) is 24.1 Å². The van der Waals surface area contributed by atoms with Gasteiger partial charge in [0.2, 0.25) is 15.9 Å². The molecule has 0 radical (unpaired) electrons. The number of para-hydroxylation sites is 1. The molecule has 9 heteroatoms. The van der Waals surface area contributed by atoms with E-state index in [-0.39, 0.29) is 28.8 Å². The molecule has 40 heavy (non-hydrogen) atoms. The summed E-state index contributed by atoms with van der Waals surface area (Å²) >= 11 is 0. The number of rotatable bonds is 7. The molecule has 0 saturated carbocycles. The van der Waals surface area contributed by atoms with Gasteiger partial charge in [0.1, 0.15) is 5.75 Å². The summed E-state index contributed by atoms with van der Waals surface area (Å²) in [6.07, 6.45) is 2.98. The monoisotopic (exact) mass is 561 g/mol. The van der Waals surface area contributed by atoms with Crippen LogP contribution in [0, 0.1) is 0 Å². The summed E-state index contributed by atoms with van der Waals surface area (Å²) in [5, 5.41) is 0. The number of fused-ring (bicyclic) bond motifs is 1. The summed E-state index contributed by atoms with van der Waals surface area (Å²) in [5.74, 6) is 0.421. The van der Waals surface area contributed by atoms with Gasteiger partial charge in [0.15, 0.2) is 0 Å². The van der Waals surface area contributed by atoms with E-state index in [0.29, 0.717) is 42.9 Å². The van der Waals surface area contributed by atoms with E-state index in [2.05, 4.69) is 0 Å². The van der Waals surface area contributed by atoms with Crippen molar-refractivity contribution in [3.05, 3.63) is 83.9 Å². The van der Waals surface area contributed by atoms with Crippen LogP contribution in [0.4, 0.5) is 11.4 Å². The standard InChI is InChI=1S/C31H35N3O5S/c1-4-24-21-30(28-9-5-6-10-29(28)34(24)31(36)23-11-15-26(39-3)16-12-23)33(22(2)35)25-13-17-27(18-14-25)40(37,38)32-19-7-8-20-32/h5-6,9-18,24,30H,4,7-8,19-21H2,1-3H3/t24-,30+/m0/s1. The molecule has 0 aliphatic carbocycles. The zero-order valence-electron chi connectivity index (χ0n) is 23.1. The third kappa shape index (κ3) is 5.11. The van der Waals surface area contributed by atoms with Gasteiger partial charge in [0.05, 0.1) is 18.0 Å². The number of methoxy groups -OCH3 is 1. The highest BCUT2D eigenvalue weighted by Gasteiger charge is 2.39. The first-order chi connectivity index (χ1) is 19.3. The predicted molar refractivity (Wildman–Crippen MR) is 155 cm³/mol. The third-order valence-electron chi connectivity index (χ3n) is 7.91. The molecule has 1 saturated heterocycles. The maximum absolute atomic E-state index is 13.8. The average Bonchev–Trinajstić information content (AvgIpc) is 3.53. The highest BCUT2D eigenvalue weighted by Crippen LogP contribution is 2.43. The molecule has 2 amide bonds. The summed E-state index contributed by atoms with van der Waals surface area (Å²) in [5.41, 5.74) is 2.83. The van der Waals surface area contributed by atoms with Gasteiger partial charge in [-0.1, -0.05) is 25.1 Å². The van der Waals surface area contributed by atoms with Crippen molar-refractivity contribution >= 4 is 33.2 Å². The topological polar surface area (TPSA) is 87.2 Å². The number of sulfonamides is 1. The Morgan fingerprint density at radius 2 is 1.60 bits per heavy atom. The number of benzene rings is 3. The second-order valence-corrected chi connectivity index (χ2v) is 12.2. The summed E-state index contributed by atoms with van der Waals surface area (Å²) in [7, 11) is -1.97. The summed E-state index contributed by atoms with van der Waals surface area (Å²) in [6.45, 7) is 4.63. The Bertz CT molecular complexity index is 1480. The van der Waals surface area contributed by atoms with Crippen molar-refractivity contribution in [3.8, 4) is 5.75 Å². The van der Waals surface area contributed by atoms with Crippen molar-refractivity contribution in [2.45, 2.75) is 56.5 Å². The van der Waals surface area contributed by atoms with Gasteiger partial charge in [-0.25, -0.2) is 8.42 Å². The summed E-state index contributed by atoms with van der Waals surface area (Å²) < 4.78 is 32.9. The first kappa shape index (κ1) is 27.9. The van der Waals surface area contributed by atoms with Crippen molar-refractivity contribution in [2.75, 3.05) is 30.0 Å². The molecule has 3 aromatic rings. The fraction of sp³-hybridized carbons (Fsp3) is 0.355.